The molecule has 1 aliphatic rings. The average Bonchev–Trinajstić information content (AvgIpc) is 3.19. The fourth-order valence-electron chi connectivity index (χ4n) is 2.93. The lowest BCUT2D eigenvalue weighted by Gasteiger charge is -2.09. The van der Waals surface area contributed by atoms with Crippen LogP contribution >= 0.6 is 0 Å². The Labute approximate surface area is 121 Å². The highest BCUT2D eigenvalue weighted by atomic mass is 15.3. The van der Waals surface area contributed by atoms with Crippen molar-refractivity contribution in [1.29, 1.82) is 0 Å². The predicted molar refractivity (Wildman–Crippen MR) is 79.7 cm³/mol. The van der Waals surface area contributed by atoms with Crippen LogP contribution in [-0.2, 0) is 6.42 Å². The summed E-state index contributed by atoms with van der Waals surface area (Å²) in [5.41, 5.74) is 9.85. The second-order valence-corrected chi connectivity index (χ2v) is 5.52. The van der Waals surface area contributed by atoms with Crippen LogP contribution in [0.2, 0.25) is 0 Å². The highest BCUT2D eigenvalue weighted by Crippen LogP contribution is 2.25. The number of aromatic amines is 1. The monoisotopic (exact) mass is 283 g/mol. The third-order valence-corrected chi connectivity index (χ3v) is 4.02. The van der Waals surface area contributed by atoms with Crippen molar-refractivity contribution in [3.05, 3.63) is 30.4 Å². The normalized spacial score (nSPS) is 18.6. The molecule has 7 heteroatoms. The van der Waals surface area contributed by atoms with Crippen LogP contribution in [0.3, 0.4) is 0 Å². The van der Waals surface area contributed by atoms with Gasteiger partial charge in [0.25, 0.3) is 0 Å². The molecule has 21 heavy (non-hydrogen) atoms. The molecular weight excluding hydrogens is 266 g/mol. The molecule has 1 saturated heterocycles. The first kappa shape index (κ1) is 12.3. The van der Waals surface area contributed by atoms with Crippen LogP contribution in [0, 0.1) is 5.92 Å². The van der Waals surface area contributed by atoms with Gasteiger partial charge in [-0.15, -0.1) is 0 Å². The molecule has 1 fully saturated rings. The zero-order chi connectivity index (χ0) is 14.2. The van der Waals surface area contributed by atoms with Gasteiger partial charge in [-0.2, -0.15) is 14.7 Å². The van der Waals surface area contributed by atoms with Crippen LogP contribution in [0.1, 0.15) is 12.1 Å². The summed E-state index contributed by atoms with van der Waals surface area (Å²) in [6, 6.07) is 1.93. The van der Waals surface area contributed by atoms with Gasteiger partial charge in [0.15, 0.2) is 5.65 Å². The largest absolute Gasteiger partial charge is 0.384 e. The van der Waals surface area contributed by atoms with Crippen LogP contribution in [0.15, 0.2) is 24.7 Å². The number of anilines is 1. The summed E-state index contributed by atoms with van der Waals surface area (Å²) >= 11 is 0. The molecule has 0 aliphatic carbocycles. The van der Waals surface area contributed by atoms with Crippen LogP contribution < -0.4 is 11.1 Å². The van der Waals surface area contributed by atoms with Gasteiger partial charge in [-0.25, -0.2) is 4.98 Å². The number of hydrogen-bond acceptors (Lipinski definition) is 5. The minimum absolute atomic E-state index is 0.621. The maximum atomic E-state index is 6.12. The van der Waals surface area contributed by atoms with Gasteiger partial charge in [0.1, 0.15) is 5.82 Å². The van der Waals surface area contributed by atoms with Crippen molar-refractivity contribution >= 4 is 11.5 Å². The van der Waals surface area contributed by atoms with Crippen LogP contribution in [0.5, 0.6) is 0 Å². The summed E-state index contributed by atoms with van der Waals surface area (Å²) in [4.78, 5) is 4.77. The van der Waals surface area contributed by atoms with E-state index in [1.807, 2.05) is 12.3 Å². The summed E-state index contributed by atoms with van der Waals surface area (Å²) < 4.78 is 1.68. The van der Waals surface area contributed by atoms with Crippen molar-refractivity contribution in [2.75, 3.05) is 18.8 Å². The molecule has 1 atom stereocenters. The molecule has 0 bridgehead atoms. The Hall–Kier alpha value is -2.41. The minimum atomic E-state index is 0.621. The SMILES string of the molecule is Nc1cc(CC2CCNC2)nc2c(-c3cn[nH]c3)cnn12. The fourth-order valence-corrected chi connectivity index (χ4v) is 2.93. The van der Waals surface area contributed by atoms with Crippen molar-refractivity contribution in [2.24, 2.45) is 5.92 Å². The third-order valence-electron chi connectivity index (χ3n) is 4.02. The maximum absolute atomic E-state index is 6.12. The molecule has 4 N–H and O–H groups in total. The van der Waals surface area contributed by atoms with Gasteiger partial charge >= 0.3 is 0 Å². The first-order valence-corrected chi connectivity index (χ1v) is 7.14. The number of nitrogen functional groups attached to an aromatic ring is 1. The first-order chi connectivity index (χ1) is 10.3. The van der Waals surface area contributed by atoms with Crippen molar-refractivity contribution in [3.63, 3.8) is 0 Å². The van der Waals surface area contributed by atoms with Crippen molar-refractivity contribution in [1.82, 2.24) is 30.1 Å². The summed E-state index contributed by atoms with van der Waals surface area (Å²) in [5.74, 6) is 1.26. The highest BCUT2D eigenvalue weighted by molar-refractivity contribution is 5.77. The molecule has 1 aliphatic heterocycles. The minimum Gasteiger partial charge on any atom is -0.384 e. The number of rotatable bonds is 3. The van der Waals surface area contributed by atoms with Crippen LogP contribution in [0.4, 0.5) is 5.82 Å². The quantitative estimate of drug-likeness (QED) is 0.662. The Morgan fingerprint density at radius 1 is 1.38 bits per heavy atom. The van der Waals surface area contributed by atoms with Gasteiger partial charge < -0.3 is 11.1 Å². The van der Waals surface area contributed by atoms with E-state index < -0.39 is 0 Å². The Bertz CT molecular complexity index is 753. The van der Waals surface area contributed by atoms with Crippen molar-refractivity contribution < 1.29 is 0 Å². The van der Waals surface area contributed by atoms with Gasteiger partial charge in [-0.1, -0.05) is 0 Å². The number of hydrogen-bond donors (Lipinski definition) is 3. The van der Waals surface area contributed by atoms with Crippen LogP contribution in [-0.4, -0.2) is 37.9 Å². The van der Waals surface area contributed by atoms with Gasteiger partial charge in [0.05, 0.1) is 12.4 Å². The molecule has 7 nitrogen and oxygen atoms in total. The van der Waals surface area contributed by atoms with E-state index in [-0.39, 0.29) is 0 Å². The highest BCUT2D eigenvalue weighted by Gasteiger charge is 2.18. The fraction of sp³-hybridized carbons (Fsp3) is 0.357. The zero-order valence-corrected chi connectivity index (χ0v) is 11.6. The summed E-state index contributed by atoms with van der Waals surface area (Å²) in [5, 5.41) is 14.5. The number of nitrogens with zero attached hydrogens (tertiary/aromatic N) is 4. The van der Waals surface area contributed by atoms with Crippen molar-refractivity contribution in [2.45, 2.75) is 12.8 Å². The molecule has 0 saturated carbocycles. The van der Waals surface area contributed by atoms with E-state index in [4.69, 9.17) is 10.7 Å². The zero-order valence-electron chi connectivity index (χ0n) is 11.6. The van der Waals surface area contributed by atoms with E-state index in [0.29, 0.717) is 11.7 Å². The Kier molecular flexibility index (Phi) is 2.85. The number of H-pyrrole nitrogens is 1. The molecule has 3 aromatic heterocycles. The Morgan fingerprint density at radius 3 is 3.10 bits per heavy atom. The van der Waals surface area contributed by atoms with E-state index in [2.05, 4.69) is 20.6 Å². The summed E-state index contributed by atoms with van der Waals surface area (Å²) in [6.07, 6.45) is 7.53. The van der Waals surface area contributed by atoms with Gasteiger partial charge in [-0.05, 0) is 31.8 Å². The maximum Gasteiger partial charge on any atom is 0.165 e. The lowest BCUT2D eigenvalue weighted by molar-refractivity contribution is 0.572. The lowest BCUT2D eigenvalue weighted by Crippen LogP contribution is -2.12. The average molecular weight is 283 g/mol. The van der Waals surface area contributed by atoms with Gasteiger partial charge in [0.2, 0.25) is 0 Å². The summed E-state index contributed by atoms with van der Waals surface area (Å²) in [7, 11) is 0. The van der Waals surface area contributed by atoms with Gasteiger partial charge in [-0.3, -0.25) is 5.10 Å². The predicted octanol–water partition coefficient (Wildman–Crippen LogP) is 0.854. The number of fused-ring (bicyclic) bond motifs is 1. The Balaban J connectivity index is 1.77. The standard InChI is InChI=1S/C14H17N7/c15-13-4-11(3-9-1-2-16-5-9)20-14-12(8-19-21(13)14)10-6-17-18-7-10/h4,6-9,16H,1-3,5,15H2,(H,17,18). The topological polar surface area (TPSA) is 96.9 Å². The van der Waals surface area contributed by atoms with E-state index in [1.165, 1.54) is 6.42 Å². The lowest BCUT2D eigenvalue weighted by atomic mass is 10.0. The molecule has 0 amide bonds. The van der Waals surface area contributed by atoms with Crippen LogP contribution in [0.25, 0.3) is 16.8 Å². The van der Waals surface area contributed by atoms with E-state index in [1.54, 1.807) is 16.9 Å². The Morgan fingerprint density at radius 2 is 2.33 bits per heavy atom. The molecule has 3 aromatic rings. The molecule has 4 heterocycles. The van der Waals surface area contributed by atoms with Gasteiger partial charge in [0, 0.05) is 29.1 Å². The molecular formula is C14H17N7. The molecule has 108 valence electrons. The molecule has 4 rings (SSSR count). The van der Waals surface area contributed by atoms with E-state index >= 15 is 0 Å². The molecule has 0 aromatic carbocycles. The number of nitrogens with one attached hydrogen (secondary N) is 2. The van der Waals surface area contributed by atoms with E-state index in [0.717, 1.165) is 42.0 Å². The second kappa shape index (κ2) is 4.85. The smallest absolute Gasteiger partial charge is 0.165 e. The third kappa shape index (κ3) is 2.15. The summed E-state index contributed by atoms with van der Waals surface area (Å²) in [6.45, 7) is 2.15. The number of aromatic nitrogens is 5. The molecule has 0 spiro atoms. The first-order valence-electron chi connectivity index (χ1n) is 7.14. The second-order valence-electron chi connectivity index (χ2n) is 5.52. The van der Waals surface area contributed by atoms with E-state index in [9.17, 15) is 0 Å². The molecule has 1 unspecified atom stereocenters. The molecule has 0 radical (unpaired) electrons. The van der Waals surface area contributed by atoms with Crippen molar-refractivity contribution in [3.8, 4) is 11.1 Å². The number of nitrogens with two attached hydrogens (primary N) is 1.